The average molecular weight is 378 g/mol. The molecule has 9 heteroatoms. The van der Waals surface area contributed by atoms with Crippen molar-refractivity contribution in [2.75, 3.05) is 71.0 Å². The maximum Gasteiger partial charge on any atom is 0.293 e. The predicted octanol–water partition coefficient (Wildman–Crippen LogP) is 1.20. The highest BCUT2D eigenvalue weighted by Gasteiger charge is 2.22. The van der Waals surface area contributed by atoms with Crippen LogP contribution >= 0.6 is 0 Å². The third kappa shape index (κ3) is 5.38. The summed E-state index contributed by atoms with van der Waals surface area (Å²) in [5.41, 5.74) is 0.712. The zero-order chi connectivity index (χ0) is 19.1. The van der Waals surface area contributed by atoms with Crippen molar-refractivity contribution in [3.05, 3.63) is 33.9 Å². The van der Waals surface area contributed by atoms with Gasteiger partial charge in [-0.05, 0) is 25.1 Å². The van der Waals surface area contributed by atoms with Gasteiger partial charge in [-0.3, -0.25) is 19.8 Å². The zero-order valence-electron chi connectivity index (χ0n) is 15.4. The minimum Gasteiger partial charge on any atom is -0.379 e. The fourth-order valence-electron chi connectivity index (χ4n) is 3.26. The number of nitrogens with one attached hydrogen (secondary N) is 1. The fraction of sp³-hybridized carbons (Fsp3) is 0.611. The molecule has 148 valence electrons. The van der Waals surface area contributed by atoms with Gasteiger partial charge in [0.15, 0.2) is 0 Å². The van der Waals surface area contributed by atoms with Gasteiger partial charge in [-0.2, -0.15) is 0 Å². The number of rotatable bonds is 7. The van der Waals surface area contributed by atoms with Crippen molar-refractivity contribution in [2.45, 2.75) is 6.42 Å². The number of hydrogen-bond donors (Lipinski definition) is 1. The first-order valence-corrected chi connectivity index (χ1v) is 9.34. The minimum atomic E-state index is -0.444. The van der Waals surface area contributed by atoms with Crippen molar-refractivity contribution in [3.63, 3.8) is 0 Å². The lowest BCUT2D eigenvalue weighted by molar-refractivity contribution is -0.384. The smallest absolute Gasteiger partial charge is 0.293 e. The number of nitrogens with zero attached hydrogens (tertiary/aromatic N) is 3. The van der Waals surface area contributed by atoms with E-state index in [1.165, 1.54) is 6.07 Å². The second-order valence-electron chi connectivity index (χ2n) is 6.63. The minimum absolute atomic E-state index is 0.0690. The molecule has 0 spiro atoms. The molecule has 0 unspecified atom stereocenters. The Kier molecular flexibility index (Phi) is 6.97. The lowest BCUT2D eigenvalue weighted by Gasteiger charge is -2.27. The van der Waals surface area contributed by atoms with Gasteiger partial charge in [0.05, 0.1) is 31.4 Å². The summed E-state index contributed by atoms with van der Waals surface area (Å²) in [6.07, 6.45) is 0.881. The summed E-state index contributed by atoms with van der Waals surface area (Å²) in [6.45, 7) is 6.95. The third-order valence-corrected chi connectivity index (χ3v) is 4.81. The number of hydrogen-bond acceptors (Lipinski definition) is 7. The quantitative estimate of drug-likeness (QED) is 0.433. The van der Waals surface area contributed by atoms with Crippen LogP contribution in [0.4, 0.5) is 11.4 Å². The van der Waals surface area contributed by atoms with E-state index in [0.717, 1.165) is 39.3 Å². The second kappa shape index (κ2) is 9.63. The average Bonchev–Trinajstić information content (AvgIpc) is 2.72. The summed E-state index contributed by atoms with van der Waals surface area (Å²) in [7, 11) is 0. The van der Waals surface area contributed by atoms with E-state index in [1.807, 2.05) is 0 Å². The number of benzene rings is 1. The van der Waals surface area contributed by atoms with Crippen LogP contribution in [-0.4, -0.2) is 86.3 Å². The first-order valence-electron chi connectivity index (χ1n) is 9.34. The Morgan fingerprint density at radius 2 is 1.78 bits per heavy atom. The molecule has 0 radical (unpaired) electrons. The van der Waals surface area contributed by atoms with Crippen LogP contribution in [0.1, 0.15) is 16.8 Å². The molecule has 1 N–H and O–H groups in total. The summed E-state index contributed by atoms with van der Waals surface area (Å²) in [4.78, 5) is 27.5. The molecule has 0 bridgehead atoms. The van der Waals surface area contributed by atoms with Crippen molar-refractivity contribution in [1.29, 1.82) is 0 Å². The number of nitro benzene ring substituents is 1. The van der Waals surface area contributed by atoms with Gasteiger partial charge in [-0.15, -0.1) is 0 Å². The molecule has 2 heterocycles. The van der Waals surface area contributed by atoms with Gasteiger partial charge in [0.2, 0.25) is 0 Å². The molecule has 0 saturated carbocycles. The molecule has 27 heavy (non-hydrogen) atoms. The number of carbonyl (C=O) groups excluding carboxylic acids is 1. The molecule has 9 nitrogen and oxygen atoms in total. The van der Waals surface area contributed by atoms with E-state index in [0.29, 0.717) is 44.1 Å². The molecular weight excluding hydrogens is 352 g/mol. The standard InChI is InChI=1S/C18H26N4O5/c23-18(21-8-12-27-13-9-21)15-2-3-16(17(14-15)22(24)25)19-4-1-5-20-6-10-26-11-7-20/h2-3,14,19H,1,4-13H2. The molecule has 0 aliphatic carbocycles. The topological polar surface area (TPSA) is 97.2 Å². The Morgan fingerprint density at radius 1 is 1.11 bits per heavy atom. The van der Waals surface area contributed by atoms with Crippen LogP contribution in [0.25, 0.3) is 0 Å². The number of carbonyl (C=O) groups is 1. The van der Waals surface area contributed by atoms with Gasteiger partial charge < -0.3 is 19.7 Å². The molecule has 1 aromatic rings. The summed E-state index contributed by atoms with van der Waals surface area (Å²) in [5, 5.41) is 14.6. The molecule has 0 aromatic heterocycles. The van der Waals surface area contributed by atoms with E-state index in [-0.39, 0.29) is 11.6 Å². The number of amides is 1. The summed E-state index contributed by atoms with van der Waals surface area (Å²) < 4.78 is 10.6. The van der Waals surface area contributed by atoms with Crippen LogP contribution in [-0.2, 0) is 9.47 Å². The Hall–Kier alpha value is -2.23. The van der Waals surface area contributed by atoms with Crippen molar-refractivity contribution in [2.24, 2.45) is 0 Å². The van der Waals surface area contributed by atoms with Gasteiger partial charge in [-0.25, -0.2) is 0 Å². The Balaban J connectivity index is 1.57. The van der Waals surface area contributed by atoms with E-state index in [2.05, 4.69) is 10.2 Å². The molecule has 2 aliphatic heterocycles. The third-order valence-electron chi connectivity index (χ3n) is 4.81. The van der Waals surface area contributed by atoms with E-state index in [1.54, 1.807) is 17.0 Å². The van der Waals surface area contributed by atoms with E-state index in [9.17, 15) is 14.9 Å². The Labute approximate surface area is 158 Å². The molecule has 1 amide bonds. The van der Waals surface area contributed by atoms with Gasteiger partial charge >= 0.3 is 0 Å². The van der Waals surface area contributed by atoms with Crippen LogP contribution in [0.5, 0.6) is 0 Å². The molecule has 1 aromatic carbocycles. The van der Waals surface area contributed by atoms with Crippen molar-refractivity contribution < 1.29 is 19.2 Å². The second-order valence-corrected chi connectivity index (χ2v) is 6.63. The maximum absolute atomic E-state index is 12.5. The van der Waals surface area contributed by atoms with Gasteiger partial charge in [0.25, 0.3) is 11.6 Å². The van der Waals surface area contributed by atoms with Crippen molar-refractivity contribution in [1.82, 2.24) is 9.80 Å². The van der Waals surface area contributed by atoms with Crippen LogP contribution in [0.15, 0.2) is 18.2 Å². The maximum atomic E-state index is 12.5. The number of ether oxygens (including phenoxy) is 2. The van der Waals surface area contributed by atoms with Crippen LogP contribution < -0.4 is 5.32 Å². The Bertz CT molecular complexity index is 657. The monoisotopic (exact) mass is 378 g/mol. The van der Waals surface area contributed by atoms with Crippen LogP contribution in [0, 0.1) is 10.1 Å². The van der Waals surface area contributed by atoms with Crippen molar-refractivity contribution in [3.8, 4) is 0 Å². The first-order chi connectivity index (χ1) is 13.1. The predicted molar refractivity (Wildman–Crippen MR) is 100 cm³/mol. The molecule has 2 aliphatic rings. The normalized spacial score (nSPS) is 18.3. The molecule has 2 fully saturated rings. The summed E-state index contributed by atoms with van der Waals surface area (Å²) in [5.74, 6) is -0.194. The summed E-state index contributed by atoms with van der Waals surface area (Å²) >= 11 is 0. The van der Waals surface area contributed by atoms with E-state index in [4.69, 9.17) is 9.47 Å². The van der Waals surface area contributed by atoms with Crippen molar-refractivity contribution >= 4 is 17.3 Å². The lowest BCUT2D eigenvalue weighted by atomic mass is 10.1. The van der Waals surface area contributed by atoms with Crippen LogP contribution in [0.3, 0.4) is 0 Å². The van der Waals surface area contributed by atoms with Gasteiger partial charge in [0.1, 0.15) is 5.69 Å². The number of nitro groups is 1. The van der Waals surface area contributed by atoms with Gasteiger partial charge in [-0.1, -0.05) is 0 Å². The van der Waals surface area contributed by atoms with E-state index >= 15 is 0 Å². The SMILES string of the molecule is O=C(c1ccc(NCCCN2CCOCC2)c([N+](=O)[O-])c1)N1CCOCC1. The largest absolute Gasteiger partial charge is 0.379 e. The van der Waals surface area contributed by atoms with Gasteiger partial charge in [0, 0.05) is 44.4 Å². The summed E-state index contributed by atoms with van der Waals surface area (Å²) in [6, 6.07) is 4.64. The highest BCUT2D eigenvalue weighted by atomic mass is 16.6. The van der Waals surface area contributed by atoms with Crippen LogP contribution in [0.2, 0.25) is 0 Å². The lowest BCUT2D eigenvalue weighted by Crippen LogP contribution is -2.40. The molecule has 0 atom stereocenters. The zero-order valence-corrected chi connectivity index (χ0v) is 15.4. The fourth-order valence-corrected chi connectivity index (χ4v) is 3.26. The van der Waals surface area contributed by atoms with E-state index < -0.39 is 4.92 Å². The first kappa shape index (κ1) is 19.5. The highest BCUT2D eigenvalue weighted by molar-refractivity contribution is 5.95. The Morgan fingerprint density at radius 3 is 2.44 bits per heavy atom. The number of morpholine rings is 2. The highest BCUT2D eigenvalue weighted by Crippen LogP contribution is 2.26. The molecule has 3 rings (SSSR count). The molecular formula is C18H26N4O5. The molecule has 2 saturated heterocycles. The number of anilines is 1.